The summed E-state index contributed by atoms with van der Waals surface area (Å²) in [5.74, 6) is 7.40. The molecule has 2 fully saturated rings. The maximum atomic E-state index is 12.9. The highest BCUT2D eigenvalue weighted by Gasteiger charge is 2.47. The van der Waals surface area contributed by atoms with Gasteiger partial charge in [0.25, 0.3) is 0 Å². The van der Waals surface area contributed by atoms with Crippen LogP contribution in [0.2, 0.25) is 18.1 Å². The van der Waals surface area contributed by atoms with Crippen LogP contribution in [-0.2, 0) is 18.7 Å². The number of carbonyl (C=O) groups is 1. The first-order valence-electron chi connectivity index (χ1n) is 13.0. The molecule has 1 unspecified atom stereocenters. The van der Waals surface area contributed by atoms with Crippen LogP contribution in [0.4, 0.5) is 0 Å². The van der Waals surface area contributed by atoms with Crippen LogP contribution in [0.25, 0.3) is 0 Å². The van der Waals surface area contributed by atoms with Crippen molar-refractivity contribution in [2.45, 2.75) is 129 Å². The molecule has 0 radical (unpaired) electrons. The van der Waals surface area contributed by atoms with E-state index in [2.05, 4.69) is 52.6 Å². The molecule has 0 N–H and O–H groups in total. The molecule has 2 rings (SSSR count). The zero-order valence-corrected chi connectivity index (χ0v) is 22.6. The van der Waals surface area contributed by atoms with Gasteiger partial charge in [-0.3, -0.25) is 4.79 Å². The van der Waals surface area contributed by atoms with Gasteiger partial charge in [0.05, 0.1) is 6.10 Å². The first-order valence-corrected chi connectivity index (χ1v) is 16.0. The number of carbonyl (C=O) groups excluding carboxylic acids is 1. The van der Waals surface area contributed by atoms with Gasteiger partial charge < -0.3 is 13.9 Å². The van der Waals surface area contributed by atoms with E-state index in [0.717, 1.165) is 64.6 Å². The summed E-state index contributed by atoms with van der Waals surface area (Å²) in [5, 5.41) is 0.163. The minimum Gasteiger partial charge on any atom is -0.413 e. The van der Waals surface area contributed by atoms with Crippen LogP contribution in [0.1, 0.15) is 98.3 Å². The standard InChI is InChI=1S/C27H48O4Si/c1-7-8-16-23-22(24(28)21-25(23)31-32(5,6)27(2,3)4)17-12-10-9-11-14-19-29-26-18-13-15-20-30-26/h22-23,25-26H,7-9,11,13-21H2,1-6H3/t22-,23-,25-,26?/m1/s1. The molecule has 5 heteroatoms. The SMILES string of the molecule is CCCC[C@H]1[C@H](O[Si](C)(C)C(C)(C)C)CC(=O)[C@@H]1CC#CCCCCOC1CCCCO1. The van der Waals surface area contributed by atoms with E-state index in [9.17, 15) is 4.79 Å². The van der Waals surface area contributed by atoms with E-state index in [1.807, 2.05) is 0 Å². The van der Waals surface area contributed by atoms with Crippen molar-refractivity contribution in [3.8, 4) is 11.8 Å². The third-order valence-electron chi connectivity index (χ3n) is 7.54. The lowest BCUT2D eigenvalue weighted by Crippen LogP contribution is -2.45. The van der Waals surface area contributed by atoms with Crippen molar-refractivity contribution in [2.75, 3.05) is 13.2 Å². The van der Waals surface area contributed by atoms with Gasteiger partial charge in [-0.1, -0.05) is 40.5 Å². The van der Waals surface area contributed by atoms with Crippen LogP contribution < -0.4 is 0 Å². The summed E-state index contributed by atoms with van der Waals surface area (Å²) >= 11 is 0. The maximum absolute atomic E-state index is 12.9. The van der Waals surface area contributed by atoms with Crippen molar-refractivity contribution in [3.63, 3.8) is 0 Å². The lowest BCUT2D eigenvalue weighted by Gasteiger charge is -2.40. The molecular weight excluding hydrogens is 416 g/mol. The lowest BCUT2D eigenvalue weighted by atomic mass is 9.87. The Kier molecular flexibility index (Phi) is 11.4. The van der Waals surface area contributed by atoms with Gasteiger partial charge in [0, 0.05) is 38.4 Å². The van der Waals surface area contributed by atoms with Crippen LogP contribution in [0.15, 0.2) is 0 Å². The molecule has 0 amide bonds. The van der Waals surface area contributed by atoms with E-state index in [1.54, 1.807) is 0 Å². The predicted octanol–water partition coefficient (Wildman–Crippen LogP) is 6.88. The molecular formula is C27H48O4Si. The Balaban J connectivity index is 1.79. The van der Waals surface area contributed by atoms with Gasteiger partial charge in [-0.2, -0.15) is 0 Å². The third-order valence-corrected chi connectivity index (χ3v) is 12.0. The number of ketones is 1. The first-order chi connectivity index (χ1) is 15.2. The molecule has 0 spiro atoms. The Labute approximate surface area is 198 Å². The largest absolute Gasteiger partial charge is 0.413 e. The summed E-state index contributed by atoms with van der Waals surface area (Å²) in [4.78, 5) is 12.9. The van der Waals surface area contributed by atoms with Gasteiger partial charge in [0.2, 0.25) is 0 Å². The summed E-state index contributed by atoms with van der Waals surface area (Å²) in [6.07, 6.45) is 11.1. The van der Waals surface area contributed by atoms with Crippen LogP contribution in [0.5, 0.6) is 0 Å². The van der Waals surface area contributed by atoms with Gasteiger partial charge in [0.1, 0.15) is 5.78 Å². The number of rotatable bonds is 11. The quantitative estimate of drug-likeness (QED) is 0.190. The molecule has 4 nitrogen and oxygen atoms in total. The number of ether oxygens (including phenoxy) is 2. The number of hydrogen-bond acceptors (Lipinski definition) is 4. The monoisotopic (exact) mass is 464 g/mol. The highest BCUT2D eigenvalue weighted by Crippen LogP contribution is 2.43. The smallest absolute Gasteiger partial charge is 0.192 e. The zero-order valence-electron chi connectivity index (χ0n) is 21.6. The Morgan fingerprint density at radius 3 is 2.56 bits per heavy atom. The summed E-state index contributed by atoms with van der Waals surface area (Å²) in [6, 6.07) is 0. The van der Waals surface area contributed by atoms with E-state index in [4.69, 9.17) is 13.9 Å². The predicted molar refractivity (Wildman–Crippen MR) is 134 cm³/mol. The van der Waals surface area contributed by atoms with E-state index in [-0.39, 0.29) is 23.4 Å². The molecule has 1 aliphatic carbocycles. The van der Waals surface area contributed by atoms with Crippen LogP contribution >= 0.6 is 0 Å². The summed E-state index contributed by atoms with van der Waals surface area (Å²) in [6.45, 7) is 15.2. The molecule has 0 aromatic heterocycles. The van der Waals surface area contributed by atoms with Crippen LogP contribution in [0.3, 0.4) is 0 Å². The maximum Gasteiger partial charge on any atom is 0.192 e. The molecule has 1 saturated heterocycles. The van der Waals surface area contributed by atoms with Crippen molar-refractivity contribution in [2.24, 2.45) is 11.8 Å². The Hall–Kier alpha value is -0.673. The summed E-state index contributed by atoms with van der Waals surface area (Å²) in [7, 11) is -1.89. The molecule has 1 heterocycles. The van der Waals surface area contributed by atoms with E-state index in [1.165, 1.54) is 6.42 Å². The van der Waals surface area contributed by atoms with Crippen molar-refractivity contribution in [3.05, 3.63) is 0 Å². The zero-order chi connectivity index (χ0) is 23.6. The van der Waals surface area contributed by atoms with Gasteiger partial charge in [-0.25, -0.2) is 0 Å². The van der Waals surface area contributed by atoms with Gasteiger partial charge in [0.15, 0.2) is 14.6 Å². The van der Waals surface area contributed by atoms with E-state index < -0.39 is 8.32 Å². The minimum atomic E-state index is -1.89. The minimum absolute atomic E-state index is 0.00440. The molecule has 1 saturated carbocycles. The molecule has 2 aliphatic rings. The van der Waals surface area contributed by atoms with Crippen molar-refractivity contribution >= 4 is 14.1 Å². The summed E-state index contributed by atoms with van der Waals surface area (Å²) in [5.41, 5.74) is 0. The first kappa shape index (κ1) is 27.6. The summed E-state index contributed by atoms with van der Waals surface area (Å²) < 4.78 is 18.1. The fraction of sp³-hybridized carbons (Fsp3) is 0.889. The van der Waals surface area contributed by atoms with Crippen molar-refractivity contribution in [1.29, 1.82) is 0 Å². The fourth-order valence-electron chi connectivity index (χ4n) is 4.42. The normalized spacial score (nSPS) is 26.8. The van der Waals surface area contributed by atoms with Crippen molar-refractivity contribution < 1.29 is 18.7 Å². The molecule has 1 aliphatic heterocycles. The molecule has 0 bridgehead atoms. The van der Waals surface area contributed by atoms with Crippen LogP contribution in [-0.4, -0.2) is 39.7 Å². The molecule has 32 heavy (non-hydrogen) atoms. The number of unbranched alkanes of at least 4 members (excludes halogenated alkanes) is 3. The average Bonchev–Trinajstić information content (AvgIpc) is 3.01. The Morgan fingerprint density at radius 1 is 1.12 bits per heavy atom. The topological polar surface area (TPSA) is 44.8 Å². The highest BCUT2D eigenvalue weighted by atomic mass is 28.4. The molecule has 0 aromatic rings. The second kappa shape index (κ2) is 13.3. The van der Waals surface area contributed by atoms with Crippen molar-refractivity contribution in [1.82, 2.24) is 0 Å². The molecule has 184 valence electrons. The Morgan fingerprint density at radius 2 is 1.91 bits per heavy atom. The number of hydrogen-bond donors (Lipinski definition) is 0. The third kappa shape index (κ3) is 8.59. The second-order valence-corrected chi connectivity index (χ2v) is 15.9. The lowest BCUT2D eigenvalue weighted by molar-refractivity contribution is -0.162. The molecule has 0 aromatic carbocycles. The van der Waals surface area contributed by atoms with Gasteiger partial charge >= 0.3 is 0 Å². The fourth-order valence-corrected chi connectivity index (χ4v) is 5.79. The van der Waals surface area contributed by atoms with E-state index in [0.29, 0.717) is 24.5 Å². The van der Waals surface area contributed by atoms with Crippen LogP contribution in [0, 0.1) is 23.7 Å². The molecule has 4 atom stereocenters. The van der Waals surface area contributed by atoms with E-state index >= 15 is 0 Å². The Bertz CT molecular complexity index is 622. The van der Waals surface area contributed by atoms with Gasteiger partial charge in [-0.15, -0.1) is 11.8 Å². The van der Waals surface area contributed by atoms with Gasteiger partial charge in [-0.05, 0) is 62.6 Å². The number of Topliss-reactive ketones (excluding diaryl/α,β-unsaturated/α-hetero) is 1. The second-order valence-electron chi connectivity index (χ2n) is 11.2. The average molecular weight is 465 g/mol. The highest BCUT2D eigenvalue weighted by molar-refractivity contribution is 6.74.